The van der Waals surface area contributed by atoms with E-state index in [9.17, 15) is 10.1 Å². The number of nitrogens with two attached hydrogens (primary N) is 1. The molecule has 1 heterocycles. The molecule has 0 radical (unpaired) electrons. The lowest BCUT2D eigenvalue weighted by Crippen LogP contribution is -2.27. The van der Waals surface area contributed by atoms with Crippen LogP contribution < -0.4 is 11.1 Å². The van der Waals surface area contributed by atoms with Gasteiger partial charge in [-0.25, -0.2) is 4.98 Å². The van der Waals surface area contributed by atoms with Crippen LogP contribution in [0.3, 0.4) is 0 Å². The number of fused-ring (bicyclic) bond motifs is 1. The van der Waals surface area contributed by atoms with Crippen LogP contribution in [0.4, 0.5) is 17.3 Å². The molecule has 2 aromatic rings. The largest absolute Gasteiger partial charge is 0.378 e. The minimum atomic E-state index is -0.525. The number of aryl methyl sites for hydroxylation is 1. The first-order chi connectivity index (χ1) is 10.1. The third kappa shape index (κ3) is 2.79. The fourth-order valence-electron chi connectivity index (χ4n) is 2.73. The number of nitrogens with one attached hydrogen (secondary N) is 1. The number of nitrogen functional groups attached to an aromatic ring is 1. The molecule has 1 atom stereocenters. The van der Waals surface area contributed by atoms with Gasteiger partial charge in [-0.2, -0.15) is 0 Å². The first-order valence-electron chi connectivity index (χ1n) is 6.87. The highest BCUT2D eigenvalue weighted by molar-refractivity contribution is 5.57. The van der Waals surface area contributed by atoms with Crippen molar-refractivity contribution in [1.29, 1.82) is 0 Å². The molecule has 6 heteroatoms. The van der Waals surface area contributed by atoms with Gasteiger partial charge in [-0.3, -0.25) is 10.1 Å². The predicted octanol–water partition coefficient (Wildman–Crippen LogP) is 2.54. The van der Waals surface area contributed by atoms with Gasteiger partial charge >= 0.3 is 5.69 Å². The maximum Gasteiger partial charge on any atom is 0.311 e. The van der Waals surface area contributed by atoms with Gasteiger partial charge in [0, 0.05) is 12.1 Å². The number of aromatic nitrogens is 1. The second-order valence-electron chi connectivity index (χ2n) is 5.21. The van der Waals surface area contributed by atoms with Gasteiger partial charge in [0.25, 0.3) is 0 Å². The second kappa shape index (κ2) is 5.40. The van der Waals surface area contributed by atoms with Crippen LogP contribution >= 0.6 is 0 Å². The Balaban J connectivity index is 1.73. The standard InChI is InChI=1S/C15H16N4O2/c16-15-13(19(20)21)7-8-14(18-15)17-12-6-5-10-3-1-2-4-11(10)9-12/h1-4,7-8,12H,5-6,9H2,(H3,16,17,18). The first kappa shape index (κ1) is 13.4. The van der Waals surface area contributed by atoms with E-state index in [2.05, 4.69) is 28.5 Å². The second-order valence-corrected chi connectivity index (χ2v) is 5.21. The topological polar surface area (TPSA) is 94.1 Å². The summed E-state index contributed by atoms with van der Waals surface area (Å²) in [7, 11) is 0. The Morgan fingerprint density at radius 3 is 2.71 bits per heavy atom. The average molecular weight is 284 g/mol. The first-order valence-corrected chi connectivity index (χ1v) is 6.87. The molecule has 0 fully saturated rings. The minimum Gasteiger partial charge on any atom is -0.378 e. The highest BCUT2D eigenvalue weighted by Gasteiger charge is 2.19. The van der Waals surface area contributed by atoms with E-state index in [1.54, 1.807) is 6.07 Å². The highest BCUT2D eigenvalue weighted by Crippen LogP contribution is 2.25. The molecule has 0 spiro atoms. The summed E-state index contributed by atoms with van der Waals surface area (Å²) in [6, 6.07) is 11.7. The van der Waals surface area contributed by atoms with Crippen LogP contribution in [0.25, 0.3) is 0 Å². The third-order valence-electron chi connectivity index (χ3n) is 3.80. The van der Waals surface area contributed by atoms with E-state index in [1.165, 1.54) is 17.2 Å². The van der Waals surface area contributed by atoms with Crippen LogP contribution in [-0.2, 0) is 12.8 Å². The average Bonchev–Trinajstić information content (AvgIpc) is 2.47. The summed E-state index contributed by atoms with van der Waals surface area (Å²) in [5, 5.41) is 14.0. The number of anilines is 2. The normalized spacial score (nSPS) is 17.0. The smallest absolute Gasteiger partial charge is 0.311 e. The molecular formula is C15H16N4O2. The number of rotatable bonds is 3. The maximum absolute atomic E-state index is 10.7. The molecule has 3 rings (SSSR count). The van der Waals surface area contributed by atoms with E-state index in [4.69, 9.17) is 5.73 Å². The van der Waals surface area contributed by atoms with Crippen molar-refractivity contribution in [2.75, 3.05) is 11.1 Å². The van der Waals surface area contributed by atoms with Crippen molar-refractivity contribution in [1.82, 2.24) is 4.98 Å². The molecular weight excluding hydrogens is 268 g/mol. The molecule has 0 aliphatic heterocycles. The number of nitro groups is 1. The molecule has 3 N–H and O–H groups in total. The summed E-state index contributed by atoms with van der Waals surface area (Å²) in [4.78, 5) is 14.3. The molecule has 0 saturated carbocycles. The summed E-state index contributed by atoms with van der Waals surface area (Å²) in [6.07, 6.45) is 2.96. The fraction of sp³-hybridized carbons (Fsp3) is 0.267. The number of benzene rings is 1. The van der Waals surface area contributed by atoms with Crippen LogP contribution in [0.2, 0.25) is 0 Å². The van der Waals surface area contributed by atoms with Gasteiger partial charge in [0.15, 0.2) is 0 Å². The summed E-state index contributed by atoms with van der Waals surface area (Å²) >= 11 is 0. The van der Waals surface area contributed by atoms with Crippen LogP contribution in [0.5, 0.6) is 0 Å². The fourth-order valence-corrected chi connectivity index (χ4v) is 2.73. The Labute approximate surface area is 122 Å². The zero-order chi connectivity index (χ0) is 14.8. The molecule has 0 saturated heterocycles. The number of hydrogen-bond acceptors (Lipinski definition) is 5. The van der Waals surface area contributed by atoms with E-state index >= 15 is 0 Å². The van der Waals surface area contributed by atoms with Gasteiger partial charge in [-0.1, -0.05) is 24.3 Å². The Morgan fingerprint density at radius 1 is 1.24 bits per heavy atom. The SMILES string of the molecule is Nc1nc(NC2CCc3ccccc3C2)ccc1[N+](=O)[O-]. The Morgan fingerprint density at radius 2 is 2.00 bits per heavy atom. The summed E-state index contributed by atoms with van der Waals surface area (Å²) < 4.78 is 0. The third-order valence-corrected chi connectivity index (χ3v) is 3.80. The van der Waals surface area contributed by atoms with Gasteiger partial charge in [0.1, 0.15) is 5.82 Å². The zero-order valence-corrected chi connectivity index (χ0v) is 11.5. The molecule has 108 valence electrons. The quantitative estimate of drug-likeness (QED) is 0.667. The number of nitrogens with zero attached hydrogens (tertiary/aromatic N) is 2. The zero-order valence-electron chi connectivity index (χ0n) is 11.5. The Bertz CT molecular complexity index is 687. The highest BCUT2D eigenvalue weighted by atomic mass is 16.6. The van der Waals surface area contributed by atoms with Gasteiger partial charge < -0.3 is 11.1 Å². The van der Waals surface area contributed by atoms with Crippen molar-refractivity contribution in [2.24, 2.45) is 0 Å². The number of pyridine rings is 1. The molecule has 6 nitrogen and oxygen atoms in total. The van der Waals surface area contributed by atoms with Crippen molar-refractivity contribution < 1.29 is 4.92 Å². The van der Waals surface area contributed by atoms with E-state index < -0.39 is 4.92 Å². The van der Waals surface area contributed by atoms with E-state index in [1.807, 2.05) is 6.07 Å². The molecule has 1 aliphatic carbocycles. The molecule has 1 aromatic carbocycles. The molecule has 0 bridgehead atoms. The lowest BCUT2D eigenvalue weighted by molar-refractivity contribution is -0.384. The van der Waals surface area contributed by atoms with Crippen molar-refractivity contribution in [3.63, 3.8) is 0 Å². The monoisotopic (exact) mass is 284 g/mol. The van der Waals surface area contributed by atoms with Crippen molar-refractivity contribution in [2.45, 2.75) is 25.3 Å². The van der Waals surface area contributed by atoms with Crippen LogP contribution in [0.15, 0.2) is 36.4 Å². The molecule has 1 aromatic heterocycles. The van der Waals surface area contributed by atoms with E-state index in [0.29, 0.717) is 5.82 Å². The van der Waals surface area contributed by atoms with Gasteiger partial charge in [-0.05, 0) is 36.5 Å². The lowest BCUT2D eigenvalue weighted by Gasteiger charge is -2.25. The van der Waals surface area contributed by atoms with Crippen LogP contribution in [0, 0.1) is 10.1 Å². The molecule has 1 unspecified atom stereocenters. The van der Waals surface area contributed by atoms with Gasteiger partial charge in [0.05, 0.1) is 4.92 Å². The van der Waals surface area contributed by atoms with Crippen molar-refractivity contribution in [3.05, 3.63) is 57.6 Å². The van der Waals surface area contributed by atoms with Crippen LogP contribution in [-0.4, -0.2) is 15.9 Å². The molecule has 1 aliphatic rings. The van der Waals surface area contributed by atoms with Crippen LogP contribution in [0.1, 0.15) is 17.5 Å². The Kier molecular flexibility index (Phi) is 3.43. The molecule has 0 amide bonds. The predicted molar refractivity (Wildman–Crippen MR) is 81.2 cm³/mol. The molecule has 21 heavy (non-hydrogen) atoms. The van der Waals surface area contributed by atoms with E-state index in [-0.39, 0.29) is 17.5 Å². The minimum absolute atomic E-state index is 0.0544. The number of hydrogen-bond donors (Lipinski definition) is 2. The summed E-state index contributed by atoms with van der Waals surface area (Å²) in [5.74, 6) is 0.531. The van der Waals surface area contributed by atoms with Crippen molar-refractivity contribution in [3.8, 4) is 0 Å². The maximum atomic E-state index is 10.7. The van der Waals surface area contributed by atoms with Gasteiger partial charge in [-0.15, -0.1) is 0 Å². The lowest BCUT2D eigenvalue weighted by atomic mass is 9.88. The van der Waals surface area contributed by atoms with Crippen molar-refractivity contribution >= 4 is 17.3 Å². The van der Waals surface area contributed by atoms with Gasteiger partial charge in [0.2, 0.25) is 5.82 Å². The summed E-state index contributed by atoms with van der Waals surface area (Å²) in [6.45, 7) is 0. The van der Waals surface area contributed by atoms with E-state index in [0.717, 1.165) is 19.3 Å². The summed E-state index contributed by atoms with van der Waals surface area (Å²) in [5.41, 5.74) is 8.19. The Hall–Kier alpha value is -2.63.